The molecule has 0 spiro atoms. The lowest BCUT2D eigenvalue weighted by atomic mass is 9.88. The van der Waals surface area contributed by atoms with Crippen molar-refractivity contribution < 1.29 is 14.4 Å². The molecule has 1 unspecified atom stereocenters. The van der Waals surface area contributed by atoms with Gasteiger partial charge in [-0.3, -0.25) is 24.6 Å². The molecule has 0 bridgehead atoms. The number of nitrogens with one attached hydrogen (secondary N) is 1. The zero-order chi connectivity index (χ0) is 18.8. The smallest absolute Gasteiger partial charge is 0.257 e. The van der Waals surface area contributed by atoms with Gasteiger partial charge in [0.1, 0.15) is 5.78 Å². The molecular formula is C22H28N2O3. The normalized spacial score (nSPS) is 30.2. The van der Waals surface area contributed by atoms with Gasteiger partial charge < -0.3 is 0 Å². The molecule has 0 radical (unpaired) electrons. The Morgan fingerprint density at radius 2 is 1.78 bits per heavy atom. The first kappa shape index (κ1) is 18.4. The molecule has 2 saturated carbocycles. The van der Waals surface area contributed by atoms with Crippen LogP contribution in [-0.2, 0) is 9.59 Å². The molecule has 1 aromatic carbocycles. The second-order valence-corrected chi connectivity index (χ2v) is 8.32. The monoisotopic (exact) mass is 368 g/mol. The minimum atomic E-state index is -0.373. The van der Waals surface area contributed by atoms with E-state index in [1.54, 1.807) is 24.3 Å². The van der Waals surface area contributed by atoms with Gasteiger partial charge in [0.05, 0.1) is 12.6 Å². The molecule has 5 heteroatoms. The highest BCUT2D eigenvalue weighted by atomic mass is 16.2. The van der Waals surface area contributed by atoms with Crippen LogP contribution in [0.3, 0.4) is 0 Å². The van der Waals surface area contributed by atoms with E-state index in [2.05, 4.69) is 5.32 Å². The number of fused-ring (bicyclic) bond motifs is 1. The molecule has 5 nitrogen and oxygen atoms in total. The number of Topliss-reactive ketones (excluding diaryl/α,β-unsaturated/α-hetero) is 1. The lowest BCUT2D eigenvalue weighted by Gasteiger charge is -2.25. The largest absolute Gasteiger partial charge is 0.298 e. The molecule has 1 saturated heterocycles. The van der Waals surface area contributed by atoms with Crippen LogP contribution in [0.15, 0.2) is 30.3 Å². The topological polar surface area (TPSA) is 66.5 Å². The Morgan fingerprint density at radius 1 is 0.963 bits per heavy atom. The molecule has 2 amide bonds. The van der Waals surface area contributed by atoms with Gasteiger partial charge in [0, 0.05) is 11.5 Å². The number of carbonyl (C=O) groups is 3. The van der Waals surface area contributed by atoms with Gasteiger partial charge in [0.15, 0.2) is 0 Å². The average molecular weight is 368 g/mol. The summed E-state index contributed by atoms with van der Waals surface area (Å²) in [6, 6.07) is 8.39. The van der Waals surface area contributed by atoms with Crippen molar-refractivity contribution in [1.29, 1.82) is 0 Å². The number of carbonyl (C=O) groups excluding carboxylic acids is 3. The van der Waals surface area contributed by atoms with Crippen molar-refractivity contribution in [3.63, 3.8) is 0 Å². The Bertz CT molecular complexity index is 718. The van der Waals surface area contributed by atoms with Crippen LogP contribution in [0.2, 0.25) is 0 Å². The Balaban J connectivity index is 1.35. The van der Waals surface area contributed by atoms with Gasteiger partial charge in [-0.25, -0.2) is 0 Å². The van der Waals surface area contributed by atoms with E-state index in [4.69, 9.17) is 0 Å². The molecule has 27 heavy (non-hydrogen) atoms. The molecule has 4 rings (SSSR count). The summed E-state index contributed by atoms with van der Waals surface area (Å²) < 4.78 is 0. The lowest BCUT2D eigenvalue weighted by molar-refractivity contribution is -0.128. The maximum Gasteiger partial charge on any atom is 0.257 e. The third kappa shape index (κ3) is 3.84. The fourth-order valence-corrected chi connectivity index (χ4v) is 5.45. The molecule has 1 heterocycles. The van der Waals surface area contributed by atoms with Crippen molar-refractivity contribution in [3.05, 3.63) is 35.9 Å². The summed E-state index contributed by atoms with van der Waals surface area (Å²) in [6.07, 6.45) is 7.54. The second kappa shape index (κ2) is 7.93. The van der Waals surface area contributed by atoms with E-state index in [0.29, 0.717) is 30.2 Å². The van der Waals surface area contributed by atoms with Gasteiger partial charge in [-0.1, -0.05) is 31.0 Å². The lowest BCUT2D eigenvalue weighted by Crippen LogP contribution is -2.47. The van der Waals surface area contributed by atoms with Crippen LogP contribution in [0.5, 0.6) is 0 Å². The van der Waals surface area contributed by atoms with Crippen molar-refractivity contribution >= 4 is 17.6 Å². The molecule has 1 aliphatic heterocycles. The number of hydrogen-bond acceptors (Lipinski definition) is 4. The first-order valence-corrected chi connectivity index (χ1v) is 10.3. The summed E-state index contributed by atoms with van der Waals surface area (Å²) in [5, 5.41) is 2.52. The van der Waals surface area contributed by atoms with Crippen LogP contribution in [0.25, 0.3) is 0 Å². The zero-order valence-electron chi connectivity index (χ0n) is 15.7. The molecular weight excluding hydrogens is 340 g/mol. The Morgan fingerprint density at radius 3 is 2.59 bits per heavy atom. The molecule has 3 fully saturated rings. The van der Waals surface area contributed by atoms with E-state index in [1.165, 1.54) is 25.7 Å². The first-order valence-electron chi connectivity index (χ1n) is 10.3. The van der Waals surface area contributed by atoms with Crippen LogP contribution in [0.4, 0.5) is 0 Å². The number of likely N-dealkylation sites (tertiary alicyclic amines) is 1. The summed E-state index contributed by atoms with van der Waals surface area (Å²) in [7, 11) is 0. The van der Waals surface area contributed by atoms with Crippen LogP contribution >= 0.6 is 0 Å². The Hall–Kier alpha value is -2.01. The number of imide groups is 1. The number of hydrogen-bond donors (Lipinski definition) is 1. The van der Waals surface area contributed by atoms with Gasteiger partial charge in [-0.15, -0.1) is 0 Å². The molecule has 1 aromatic rings. The molecule has 4 atom stereocenters. The van der Waals surface area contributed by atoms with Crippen molar-refractivity contribution in [2.24, 2.45) is 17.8 Å². The van der Waals surface area contributed by atoms with E-state index < -0.39 is 0 Å². The van der Waals surface area contributed by atoms with Gasteiger partial charge in [-0.2, -0.15) is 0 Å². The predicted octanol–water partition coefficient (Wildman–Crippen LogP) is 2.80. The van der Waals surface area contributed by atoms with Crippen molar-refractivity contribution in [1.82, 2.24) is 10.2 Å². The highest BCUT2D eigenvalue weighted by Gasteiger charge is 2.43. The minimum absolute atomic E-state index is 0.188. The van der Waals surface area contributed by atoms with Crippen LogP contribution in [-0.4, -0.2) is 41.6 Å². The standard InChI is InChI=1S/C22H28N2O3/c25-20(18-12-11-15-8-4-9-17(15)18)14-24-13-5-10-19(24)22(27)23-21(26)16-6-2-1-3-7-16/h1-3,6-7,15,17-19H,4-5,8-14H2,(H,23,26,27)/t15-,17-,18?,19+/m1/s1. The minimum Gasteiger partial charge on any atom is -0.298 e. The first-order chi connectivity index (χ1) is 13.1. The predicted molar refractivity (Wildman–Crippen MR) is 102 cm³/mol. The summed E-state index contributed by atoms with van der Waals surface area (Å²) >= 11 is 0. The molecule has 1 N–H and O–H groups in total. The van der Waals surface area contributed by atoms with Crippen LogP contribution < -0.4 is 5.32 Å². The SMILES string of the molecule is O=C(NC(=O)[C@@H]1CCCN1CC(=O)C1CC[C@H]2CCC[C@@H]12)c1ccccc1. The number of ketones is 1. The fourth-order valence-electron chi connectivity index (χ4n) is 5.45. The maximum absolute atomic E-state index is 12.9. The summed E-state index contributed by atoms with van der Waals surface area (Å²) in [4.78, 5) is 39.8. The zero-order valence-corrected chi connectivity index (χ0v) is 15.7. The van der Waals surface area contributed by atoms with Gasteiger partial charge in [-0.05, 0) is 62.6 Å². The van der Waals surface area contributed by atoms with Gasteiger partial charge in [0.2, 0.25) is 5.91 Å². The number of nitrogens with zero attached hydrogens (tertiary/aromatic N) is 1. The number of rotatable bonds is 5. The third-order valence-corrected chi connectivity index (χ3v) is 6.79. The van der Waals surface area contributed by atoms with Crippen molar-refractivity contribution in [3.8, 4) is 0 Å². The maximum atomic E-state index is 12.9. The van der Waals surface area contributed by atoms with Gasteiger partial charge in [0.25, 0.3) is 5.91 Å². The fraction of sp³-hybridized carbons (Fsp3) is 0.591. The van der Waals surface area contributed by atoms with E-state index in [0.717, 1.165) is 25.3 Å². The van der Waals surface area contributed by atoms with E-state index in [9.17, 15) is 14.4 Å². The number of amides is 2. The van der Waals surface area contributed by atoms with Crippen molar-refractivity contribution in [2.75, 3.05) is 13.1 Å². The Kier molecular flexibility index (Phi) is 5.39. The molecule has 2 aliphatic carbocycles. The molecule has 144 valence electrons. The van der Waals surface area contributed by atoms with E-state index in [-0.39, 0.29) is 23.8 Å². The van der Waals surface area contributed by atoms with Crippen LogP contribution in [0.1, 0.15) is 55.3 Å². The van der Waals surface area contributed by atoms with Crippen LogP contribution in [0, 0.1) is 17.8 Å². The quantitative estimate of drug-likeness (QED) is 0.812. The Labute approximate surface area is 160 Å². The molecule has 3 aliphatic rings. The van der Waals surface area contributed by atoms with Crippen molar-refractivity contribution in [2.45, 2.75) is 51.0 Å². The van der Waals surface area contributed by atoms with E-state index in [1.807, 2.05) is 11.0 Å². The third-order valence-electron chi connectivity index (χ3n) is 6.79. The highest BCUT2D eigenvalue weighted by molar-refractivity contribution is 6.06. The molecule has 0 aromatic heterocycles. The number of benzene rings is 1. The summed E-state index contributed by atoms with van der Waals surface area (Å²) in [5.41, 5.74) is 0.477. The van der Waals surface area contributed by atoms with E-state index >= 15 is 0 Å². The summed E-state index contributed by atoms with van der Waals surface area (Å²) in [5.74, 6) is 1.17. The average Bonchev–Trinajstić information content (AvgIpc) is 3.39. The highest BCUT2D eigenvalue weighted by Crippen LogP contribution is 2.47. The van der Waals surface area contributed by atoms with Gasteiger partial charge >= 0.3 is 0 Å². The summed E-state index contributed by atoms with van der Waals surface area (Å²) in [6.45, 7) is 1.11. The second-order valence-electron chi connectivity index (χ2n) is 8.32.